The topological polar surface area (TPSA) is 65.8 Å². The third-order valence-corrected chi connectivity index (χ3v) is 9.42. The summed E-state index contributed by atoms with van der Waals surface area (Å²) in [4.78, 5) is 22.6. The molecule has 0 aliphatic heterocycles. The predicted octanol–water partition coefficient (Wildman–Crippen LogP) is 9.90. The van der Waals surface area contributed by atoms with Crippen LogP contribution in [0, 0.1) is 0 Å². The number of furan rings is 1. The molecule has 0 aliphatic carbocycles. The van der Waals surface area contributed by atoms with Crippen molar-refractivity contribution in [2.75, 3.05) is 0 Å². The minimum atomic E-state index is -0.0339. The van der Waals surface area contributed by atoms with E-state index in [1.807, 2.05) is 61.6 Å². The van der Waals surface area contributed by atoms with Crippen LogP contribution in [0.25, 0.3) is 89.1 Å². The lowest BCUT2D eigenvalue weighted by Crippen LogP contribution is -2.19. The highest BCUT2D eigenvalue weighted by molar-refractivity contribution is 6.09. The zero-order chi connectivity index (χ0) is 33.1. The molecule has 0 radical (unpaired) electrons. The number of benzene rings is 6. The molecule has 6 nitrogen and oxygen atoms in total. The summed E-state index contributed by atoms with van der Waals surface area (Å²) >= 11 is 0. The van der Waals surface area contributed by atoms with E-state index in [-0.39, 0.29) is 5.69 Å². The van der Waals surface area contributed by atoms with Crippen LogP contribution in [0.15, 0.2) is 155 Å². The van der Waals surface area contributed by atoms with Crippen molar-refractivity contribution >= 4 is 33.0 Å². The largest absolute Gasteiger partial charge is 0.455 e. The Hall–Kier alpha value is -6.53. The molecule has 3 aromatic heterocycles. The highest BCUT2D eigenvalue weighted by Crippen LogP contribution is 2.37. The van der Waals surface area contributed by atoms with Crippen LogP contribution in [0.3, 0.4) is 0 Å². The first-order valence-electron chi connectivity index (χ1n) is 16.2. The van der Waals surface area contributed by atoms with Gasteiger partial charge in [-0.3, -0.25) is 9.13 Å². The Morgan fingerprint density at radius 3 is 1.96 bits per heavy atom. The average molecular weight is 635 g/mol. The lowest BCUT2D eigenvalue weighted by molar-refractivity contribution is 0.670. The molecule has 0 unspecified atom stereocenters. The van der Waals surface area contributed by atoms with E-state index in [1.165, 1.54) is 0 Å². The van der Waals surface area contributed by atoms with Crippen LogP contribution < -0.4 is 5.69 Å². The molecule has 3 heterocycles. The summed E-state index contributed by atoms with van der Waals surface area (Å²) in [5, 5.41) is 2.21. The standard InChI is InChI=1S/C43H30N4O2/c1-46-38-23-22-30(25-39(38)47(2)43(46)48)27-18-20-28(21-19-27)36-26-37(45-42(44-36)29-10-4-3-5-11-29)32-13-8-12-31(24-32)33-15-9-16-35-34-14-6-7-17-40(34)49-41(33)35/h3-26H,1-2H3. The van der Waals surface area contributed by atoms with Gasteiger partial charge >= 0.3 is 5.69 Å². The summed E-state index contributed by atoms with van der Waals surface area (Å²) < 4.78 is 9.73. The van der Waals surface area contributed by atoms with Gasteiger partial charge in [0.05, 0.1) is 22.4 Å². The molecule has 0 bridgehead atoms. The summed E-state index contributed by atoms with van der Waals surface area (Å²) in [5.74, 6) is 0.664. The van der Waals surface area contributed by atoms with Crippen molar-refractivity contribution in [3.8, 4) is 56.2 Å². The van der Waals surface area contributed by atoms with E-state index in [0.717, 1.165) is 83.3 Å². The zero-order valence-electron chi connectivity index (χ0n) is 27.0. The highest BCUT2D eigenvalue weighted by Gasteiger charge is 2.15. The van der Waals surface area contributed by atoms with Crippen LogP contribution in [-0.2, 0) is 14.1 Å². The lowest BCUT2D eigenvalue weighted by atomic mass is 9.98. The van der Waals surface area contributed by atoms with E-state index < -0.39 is 0 Å². The van der Waals surface area contributed by atoms with E-state index in [2.05, 4.69) is 91.0 Å². The molecule has 9 rings (SSSR count). The lowest BCUT2D eigenvalue weighted by Gasteiger charge is -2.11. The number of fused-ring (bicyclic) bond motifs is 4. The molecule has 0 N–H and O–H groups in total. The molecular weight excluding hydrogens is 604 g/mol. The van der Waals surface area contributed by atoms with Crippen LogP contribution in [0.4, 0.5) is 0 Å². The fourth-order valence-electron chi connectivity index (χ4n) is 6.80. The quantitative estimate of drug-likeness (QED) is 0.189. The molecular formula is C43H30N4O2. The molecule has 9 aromatic rings. The Morgan fingerprint density at radius 1 is 0.490 bits per heavy atom. The molecule has 49 heavy (non-hydrogen) atoms. The fourth-order valence-corrected chi connectivity index (χ4v) is 6.80. The van der Waals surface area contributed by atoms with Crippen molar-refractivity contribution in [1.29, 1.82) is 0 Å². The Kier molecular flexibility index (Phi) is 6.62. The van der Waals surface area contributed by atoms with Gasteiger partial charge in [0, 0.05) is 47.1 Å². The van der Waals surface area contributed by atoms with Crippen LogP contribution in [0.1, 0.15) is 0 Å². The van der Waals surface area contributed by atoms with Crippen molar-refractivity contribution in [2.24, 2.45) is 14.1 Å². The second-order valence-electron chi connectivity index (χ2n) is 12.4. The Balaban J connectivity index is 1.14. The van der Waals surface area contributed by atoms with Crippen molar-refractivity contribution in [3.63, 3.8) is 0 Å². The van der Waals surface area contributed by atoms with Crippen LogP contribution >= 0.6 is 0 Å². The first-order chi connectivity index (χ1) is 24.0. The molecule has 0 amide bonds. The van der Waals surface area contributed by atoms with Gasteiger partial charge in [-0.25, -0.2) is 14.8 Å². The SMILES string of the molecule is Cn1c(=O)n(C)c2cc(-c3ccc(-c4cc(-c5cccc(-c6cccc7c6oc6ccccc67)c5)nc(-c5ccccc5)n4)cc3)ccc21. The number of hydrogen-bond donors (Lipinski definition) is 0. The molecule has 234 valence electrons. The monoisotopic (exact) mass is 634 g/mol. The van der Waals surface area contributed by atoms with Gasteiger partial charge in [0.25, 0.3) is 0 Å². The number of hydrogen-bond acceptors (Lipinski definition) is 4. The molecule has 0 fully saturated rings. The number of aromatic nitrogens is 4. The minimum absolute atomic E-state index is 0.0339. The molecule has 0 saturated heterocycles. The Morgan fingerprint density at radius 2 is 1.12 bits per heavy atom. The van der Waals surface area contributed by atoms with Gasteiger partial charge < -0.3 is 4.42 Å². The van der Waals surface area contributed by atoms with Gasteiger partial charge in [0.1, 0.15) is 11.2 Å². The van der Waals surface area contributed by atoms with Gasteiger partial charge in [-0.05, 0) is 47.0 Å². The van der Waals surface area contributed by atoms with Gasteiger partial charge in [0.15, 0.2) is 5.82 Å². The minimum Gasteiger partial charge on any atom is -0.455 e. The smallest absolute Gasteiger partial charge is 0.328 e. The van der Waals surface area contributed by atoms with E-state index in [9.17, 15) is 4.79 Å². The van der Waals surface area contributed by atoms with Crippen molar-refractivity contribution in [2.45, 2.75) is 0 Å². The van der Waals surface area contributed by atoms with E-state index in [0.29, 0.717) is 5.82 Å². The average Bonchev–Trinajstić information content (AvgIpc) is 3.65. The number of nitrogens with zero attached hydrogens (tertiary/aromatic N) is 4. The number of aryl methyl sites for hydroxylation is 2. The Labute approximate surface area is 282 Å². The maximum Gasteiger partial charge on any atom is 0.328 e. The summed E-state index contributed by atoms with van der Waals surface area (Å²) in [5.41, 5.74) is 12.3. The highest BCUT2D eigenvalue weighted by atomic mass is 16.3. The summed E-state index contributed by atoms with van der Waals surface area (Å²) in [6.07, 6.45) is 0. The zero-order valence-corrected chi connectivity index (χ0v) is 27.0. The normalized spacial score (nSPS) is 11.6. The van der Waals surface area contributed by atoms with Gasteiger partial charge in [-0.2, -0.15) is 0 Å². The maximum absolute atomic E-state index is 12.5. The fraction of sp³-hybridized carbons (Fsp3) is 0.0465. The van der Waals surface area contributed by atoms with Crippen molar-refractivity contribution in [1.82, 2.24) is 19.1 Å². The molecule has 0 spiro atoms. The van der Waals surface area contributed by atoms with Crippen molar-refractivity contribution < 1.29 is 4.42 Å². The molecule has 0 atom stereocenters. The summed E-state index contributed by atoms with van der Waals surface area (Å²) in [6.45, 7) is 0. The van der Waals surface area contributed by atoms with Crippen LogP contribution in [0.2, 0.25) is 0 Å². The third kappa shape index (κ3) is 4.85. The van der Waals surface area contributed by atoms with Gasteiger partial charge in [-0.1, -0.05) is 115 Å². The number of imidazole rings is 1. The van der Waals surface area contributed by atoms with E-state index >= 15 is 0 Å². The Bertz CT molecular complexity index is 2750. The van der Waals surface area contributed by atoms with Crippen LogP contribution in [-0.4, -0.2) is 19.1 Å². The second-order valence-corrected chi connectivity index (χ2v) is 12.4. The van der Waals surface area contributed by atoms with E-state index in [1.54, 1.807) is 16.2 Å². The predicted molar refractivity (Wildman–Crippen MR) is 198 cm³/mol. The molecule has 6 aromatic carbocycles. The van der Waals surface area contributed by atoms with Crippen molar-refractivity contribution in [3.05, 3.63) is 156 Å². The second kappa shape index (κ2) is 11.3. The van der Waals surface area contributed by atoms with Gasteiger partial charge in [0.2, 0.25) is 0 Å². The summed E-state index contributed by atoms with van der Waals surface area (Å²) in [7, 11) is 3.61. The molecule has 6 heteroatoms. The maximum atomic E-state index is 12.5. The van der Waals surface area contributed by atoms with E-state index in [4.69, 9.17) is 14.4 Å². The molecule has 0 saturated carbocycles. The number of rotatable bonds is 5. The summed E-state index contributed by atoms with van der Waals surface area (Å²) in [6, 6.07) is 49.7. The number of para-hydroxylation sites is 2. The third-order valence-electron chi connectivity index (χ3n) is 9.42. The first kappa shape index (κ1) is 28.7. The molecule has 0 aliphatic rings. The van der Waals surface area contributed by atoms with Gasteiger partial charge in [-0.15, -0.1) is 0 Å². The first-order valence-corrected chi connectivity index (χ1v) is 16.2. The van der Waals surface area contributed by atoms with Crippen LogP contribution in [0.5, 0.6) is 0 Å².